The Labute approximate surface area is 95.4 Å². The van der Waals surface area contributed by atoms with Crippen molar-refractivity contribution in [2.45, 2.75) is 13.0 Å². The highest BCUT2D eigenvalue weighted by Gasteiger charge is 2.36. The van der Waals surface area contributed by atoms with Crippen LogP contribution in [0.15, 0.2) is 11.6 Å². The quantitative estimate of drug-likeness (QED) is 0.507. The third kappa shape index (κ3) is 5.23. The number of carbonyl (C=O) groups is 1. The summed E-state index contributed by atoms with van der Waals surface area (Å²) >= 11 is 0. The van der Waals surface area contributed by atoms with Gasteiger partial charge in [0, 0.05) is 32.9 Å². The molecule has 1 N–H and O–H groups in total. The van der Waals surface area contributed by atoms with Gasteiger partial charge in [-0.3, -0.25) is 0 Å². The van der Waals surface area contributed by atoms with E-state index >= 15 is 0 Å². The zero-order valence-electron chi connectivity index (χ0n) is 8.86. The third-order valence-corrected chi connectivity index (χ3v) is 4.50. The molecule has 7 heteroatoms. The van der Waals surface area contributed by atoms with E-state index in [9.17, 15) is 4.79 Å². The van der Waals surface area contributed by atoms with Gasteiger partial charge in [0.1, 0.15) is 0 Å². The molecule has 0 bridgehead atoms. The van der Waals surface area contributed by atoms with Crippen molar-refractivity contribution in [2.75, 3.05) is 21.3 Å². The second-order valence-corrected chi connectivity index (χ2v) is 5.69. The second-order valence-electron chi connectivity index (χ2n) is 2.69. The standard InChI is InChI=1S/C8H16O5Si.H4Si/c1-7(8(9)10)5-6-14(11-2,12-3)13-4;/h5H,6H2,1-4H3,(H,9,10);1H4. The lowest BCUT2D eigenvalue weighted by atomic mass is 10.3. The van der Waals surface area contributed by atoms with E-state index in [0.29, 0.717) is 6.04 Å². The van der Waals surface area contributed by atoms with Crippen molar-refractivity contribution >= 4 is 25.7 Å². The highest BCUT2D eigenvalue weighted by molar-refractivity contribution is 6.61. The summed E-state index contributed by atoms with van der Waals surface area (Å²) in [5.41, 5.74) is 0.257. The molecule has 0 saturated heterocycles. The number of allylic oxidation sites excluding steroid dienone is 1. The molecule has 0 aromatic heterocycles. The average molecular weight is 252 g/mol. The molecule has 0 atom stereocenters. The van der Waals surface area contributed by atoms with Crippen molar-refractivity contribution in [3.8, 4) is 0 Å². The predicted molar refractivity (Wildman–Crippen MR) is 64.3 cm³/mol. The maximum atomic E-state index is 10.5. The Hall–Kier alpha value is -0.476. The Bertz CT molecular complexity index is 217. The minimum atomic E-state index is -2.67. The van der Waals surface area contributed by atoms with E-state index in [1.807, 2.05) is 0 Å². The summed E-state index contributed by atoms with van der Waals surface area (Å²) in [6.45, 7) is 1.52. The van der Waals surface area contributed by atoms with Crippen LogP contribution >= 0.6 is 0 Å². The molecule has 0 amide bonds. The van der Waals surface area contributed by atoms with E-state index in [2.05, 4.69) is 0 Å². The summed E-state index contributed by atoms with van der Waals surface area (Å²) in [5, 5.41) is 8.62. The summed E-state index contributed by atoms with van der Waals surface area (Å²) in [6.07, 6.45) is 1.55. The lowest BCUT2D eigenvalue weighted by Crippen LogP contribution is -2.42. The van der Waals surface area contributed by atoms with Crippen molar-refractivity contribution in [3.63, 3.8) is 0 Å². The summed E-state index contributed by atoms with van der Waals surface area (Å²) in [4.78, 5) is 10.5. The zero-order valence-corrected chi connectivity index (χ0v) is 9.86. The van der Waals surface area contributed by atoms with Crippen molar-refractivity contribution in [1.29, 1.82) is 0 Å². The maximum Gasteiger partial charge on any atom is 0.504 e. The van der Waals surface area contributed by atoms with Crippen molar-refractivity contribution < 1.29 is 23.2 Å². The minimum Gasteiger partial charge on any atom is -0.478 e. The van der Waals surface area contributed by atoms with Crippen LogP contribution in [0.25, 0.3) is 0 Å². The van der Waals surface area contributed by atoms with Gasteiger partial charge in [-0.1, -0.05) is 6.08 Å². The Kier molecular flexibility index (Phi) is 8.77. The second kappa shape index (κ2) is 7.77. The van der Waals surface area contributed by atoms with Gasteiger partial charge >= 0.3 is 14.8 Å². The normalized spacial score (nSPS) is 12.1. The van der Waals surface area contributed by atoms with Crippen molar-refractivity contribution in [3.05, 3.63) is 11.6 Å². The summed E-state index contributed by atoms with van der Waals surface area (Å²) in [7, 11) is 1.80. The van der Waals surface area contributed by atoms with Crippen LogP contribution in [0.5, 0.6) is 0 Å². The Morgan fingerprint density at radius 1 is 1.27 bits per heavy atom. The molecule has 0 fully saturated rings. The molecule has 5 nitrogen and oxygen atoms in total. The summed E-state index contributed by atoms with van der Waals surface area (Å²) in [6, 6.07) is 0.356. The lowest BCUT2D eigenvalue weighted by molar-refractivity contribution is -0.132. The maximum absolute atomic E-state index is 10.5. The molecular weight excluding hydrogens is 232 g/mol. The van der Waals surface area contributed by atoms with E-state index in [0.717, 1.165) is 0 Å². The van der Waals surface area contributed by atoms with Crippen LogP contribution < -0.4 is 0 Å². The fraction of sp³-hybridized carbons (Fsp3) is 0.625. The van der Waals surface area contributed by atoms with E-state index < -0.39 is 14.8 Å². The Morgan fingerprint density at radius 2 is 1.67 bits per heavy atom. The molecule has 0 unspecified atom stereocenters. The molecule has 0 heterocycles. The van der Waals surface area contributed by atoms with Gasteiger partial charge in [-0.05, 0) is 17.9 Å². The van der Waals surface area contributed by atoms with Gasteiger partial charge in [0.05, 0.1) is 0 Å². The molecule has 0 aromatic rings. The predicted octanol–water partition coefficient (Wildman–Crippen LogP) is -0.556. The molecule has 0 aliphatic carbocycles. The molecule has 15 heavy (non-hydrogen) atoms. The zero-order chi connectivity index (χ0) is 11.2. The van der Waals surface area contributed by atoms with Crippen molar-refractivity contribution in [1.82, 2.24) is 0 Å². The smallest absolute Gasteiger partial charge is 0.478 e. The average Bonchev–Trinajstić information content (AvgIpc) is 2.20. The van der Waals surface area contributed by atoms with Crippen LogP contribution in [-0.2, 0) is 18.1 Å². The molecule has 0 spiro atoms. The number of hydrogen-bond donors (Lipinski definition) is 1. The number of carboxylic acids is 1. The van der Waals surface area contributed by atoms with Crippen LogP contribution in [0.3, 0.4) is 0 Å². The van der Waals surface area contributed by atoms with Gasteiger partial charge in [0.15, 0.2) is 0 Å². The molecule has 0 aromatic carbocycles. The highest BCUT2D eigenvalue weighted by atomic mass is 28.4. The summed E-state index contributed by atoms with van der Waals surface area (Å²) in [5.74, 6) is -0.948. The van der Waals surface area contributed by atoms with Crippen LogP contribution in [-0.4, -0.2) is 52.2 Å². The number of hydrogen-bond acceptors (Lipinski definition) is 4. The first-order valence-electron chi connectivity index (χ1n) is 4.07. The van der Waals surface area contributed by atoms with Gasteiger partial charge in [0.2, 0.25) is 0 Å². The summed E-state index contributed by atoms with van der Waals surface area (Å²) < 4.78 is 15.4. The molecule has 0 aliphatic rings. The van der Waals surface area contributed by atoms with E-state index in [-0.39, 0.29) is 16.5 Å². The molecular formula is C8H20O5Si2. The fourth-order valence-corrected chi connectivity index (χ4v) is 2.42. The fourth-order valence-electron chi connectivity index (χ4n) is 0.865. The third-order valence-electron chi connectivity index (χ3n) is 1.93. The topological polar surface area (TPSA) is 65.0 Å². The van der Waals surface area contributed by atoms with Crippen molar-refractivity contribution in [2.24, 2.45) is 0 Å². The van der Waals surface area contributed by atoms with E-state index in [1.54, 1.807) is 6.08 Å². The van der Waals surface area contributed by atoms with Crippen LogP contribution in [0.2, 0.25) is 6.04 Å². The first-order valence-corrected chi connectivity index (χ1v) is 6.00. The first kappa shape index (κ1) is 16.9. The van der Waals surface area contributed by atoms with E-state index in [1.165, 1.54) is 28.3 Å². The molecule has 90 valence electrons. The van der Waals surface area contributed by atoms with Gasteiger partial charge in [-0.2, -0.15) is 0 Å². The molecule has 0 aliphatic heterocycles. The SMILES string of the molecule is CO[Si](CC=C(C)C(=O)O)(OC)OC.[SiH4]. The van der Waals surface area contributed by atoms with Crippen LogP contribution in [0.1, 0.15) is 6.92 Å². The molecule has 0 saturated carbocycles. The lowest BCUT2D eigenvalue weighted by Gasteiger charge is -2.22. The first-order chi connectivity index (χ1) is 6.51. The number of carboxylic acid groups (broad SMARTS) is 1. The minimum absolute atomic E-state index is 0. The monoisotopic (exact) mass is 252 g/mol. The Balaban J connectivity index is 0. The molecule has 0 rings (SSSR count). The van der Waals surface area contributed by atoms with E-state index in [4.69, 9.17) is 18.4 Å². The van der Waals surface area contributed by atoms with Gasteiger partial charge < -0.3 is 18.4 Å². The van der Waals surface area contributed by atoms with Gasteiger partial charge in [-0.25, -0.2) is 4.79 Å². The largest absolute Gasteiger partial charge is 0.504 e. The number of aliphatic carboxylic acids is 1. The Morgan fingerprint density at radius 3 is 1.93 bits per heavy atom. The number of rotatable bonds is 6. The molecule has 0 radical (unpaired) electrons. The van der Waals surface area contributed by atoms with Gasteiger partial charge in [0.25, 0.3) is 0 Å². The van der Waals surface area contributed by atoms with Crippen LogP contribution in [0, 0.1) is 0 Å². The van der Waals surface area contributed by atoms with Gasteiger partial charge in [-0.15, -0.1) is 0 Å². The van der Waals surface area contributed by atoms with Crippen LogP contribution in [0.4, 0.5) is 0 Å². The highest BCUT2D eigenvalue weighted by Crippen LogP contribution is 2.14.